The van der Waals surface area contributed by atoms with Crippen LogP contribution in [0.5, 0.6) is 0 Å². The summed E-state index contributed by atoms with van der Waals surface area (Å²) in [5.74, 6) is -0.840. The van der Waals surface area contributed by atoms with E-state index in [1.807, 2.05) is 12.2 Å². The van der Waals surface area contributed by atoms with E-state index in [4.69, 9.17) is 9.47 Å². The fraction of sp³-hybridized carbons (Fsp3) is 0.875. The van der Waals surface area contributed by atoms with Crippen LogP contribution in [0.1, 0.15) is 149 Å². The molecule has 0 bridgehead atoms. The number of ether oxygens (including phenoxy) is 2. The van der Waals surface area contributed by atoms with E-state index < -0.39 is 11.8 Å². The summed E-state index contributed by atoms with van der Waals surface area (Å²) in [6.07, 6.45) is 27.9. The molecule has 0 amide bonds. The molecule has 3 atom stereocenters. The van der Waals surface area contributed by atoms with Crippen molar-refractivity contribution in [3.8, 4) is 0 Å². The van der Waals surface area contributed by atoms with Gasteiger partial charge in [-0.15, -0.1) is 0 Å². The van der Waals surface area contributed by atoms with E-state index >= 15 is 0 Å². The van der Waals surface area contributed by atoms with Gasteiger partial charge in [0.15, 0.2) is 0 Å². The Bertz CT molecular complexity index is 571. The third-order valence-corrected chi connectivity index (χ3v) is 7.78. The molecule has 1 aliphatic carbocycles. The van der Waals surface area contributed by atoms with Crippen molar-refractivity contribution in [1.29, 1.82) is 0 Å². The van der Waals surface area contributed by atoms with Gasteiger partial charge in [0.05, 0.1) is 25.0 Å². The Kier molecular flexibility index (Phi) is 20.8. The predicted octanol–water partition coefficient (Wildman–Crippen LogP) is 9.35. The quantitative estimate of drug-likeness (QED) is 0.0786. The number of carbonyl (C=O) groups is 2. The molecule has 3 unspecified atom stereocenters. The molecule has 0 aromatic heterocycles. The number of carbonyl (C=O) groups excluding carboxylic acids is 2. The second kappa shape index (κ2) is 22.8. The highest BCUT2D eigenvalue weighted by Gasteiger charge is 2.36. The number of rotatable bonds is 23. The fourth-order valence-electron chi connectivity index (χ4n) is 5.12. The SMILES string of the molecule is CCCCCCCCCCCCCCCCOC(=O)C1CC=CCC1C(=O)OCC(CC)CCCC. The van der Waals surface area contributed by atoms with Crippen LogP contribution in [0.3, 0.4) is 0 Å². The molecule has 0 radical (unpaired) electrons. The van der Waals surface area contributed by atoms with Gasteiger partial charge in [0.2, 0.25) is 0 Å². The van der Waals surface area contributed by atoms with Gasteiger partial charge >= 0.3 is 11.9 Å². The summed E-state index contributed by atoms with van der Waals surface area (Å²) in [5.41, 5.74) is 0. The molecule has 1 aliphatic rings. The van der Waals surface area contributed by atoms with Gasteiger partial charge in [-0.1, -0.05) is 136 Å². The first-order valence-corrected chi connectivity index (χ1v) is 15.6. The first-order valence-electron chi connectivity index (χ1n) is 15.6. The van der Waals surface area contributed by atoms with Crippen molar-refractivity contribution in [3.05, 3.63) is 12.2 Å². The third kappa shape index (κ3) is 15.7. The third-order valence-electron chi connectivity index (χ3n) is 7.78. The smallest absolute Gasteiger partial charge is 0.310 e. The Hall–Kier alpha value is -1.32. The van der Waals surface area contributed by atoms with E-state index in [-0.39, 0.29) is 11.9 Å². The van der Waals surface area contributed by atoms with Crippen molar-refractivity contribution in [2.24, 2.45) is 17.8 Å². The molecule has 0 aromatic carbocycles. The summed E-state index contributed by atoms with van der Waals surface area (Å²) in [4.78, 5) is 25.5. The van der Waals surface area contributed by atoms with Gasteiger partial charge in [0, 0.05) is 0 Å². The fourth-order valence-corrected chi connectivity index (χ4v) is 5.12. The van der Waals surface area contributed by atoms with Gasteiger partial charge in [0.1, 0.15) is 0 Å². The van der Waals surface area contributed by atoms with E-state index in [0.29, 0.717) is 32.0 Å². The molecule has 0 aliphatic heterocycles. The highest BCUT2D eigenvalue weighted by atomic mass is 16.5. The lowest BCUT2D eigenvalue weighted by atomic mass is 9.83. The second-order valence-corrected chi connectivity index (χ2v) is 11.0. The predicted molar refractivity (Wildman–Crippen MR) is 151 cm³/mol. The van der Waals surface area contributed by atoms with Gasteiger partial charge < -0.3 is 9.47 Å². The van der Waals surface area contributed by atoms with E-state index in [1.54, 1.807) is 0 Å². The zero-order chi connectivity index (χ0) is 26.3. The van der Waals surface area contributed by atoms with Gasteiger partial charge in [-0.25, -0.2) is 0 Å². The summed E-state index contributed by atoms with van der Waals surface area (Å²) >= 11 is 0. The number of unbranched alkanes of at least 4 members (excludes halogenated alkanes) is 14. The van der Waals surface area contributed by atoms with Crippen molar-refractivity contribution in [1.82, 2.24) is 0 Å². The molecule has 4 nitrogen and oxygen atoms in total. The van der Waals surface area contributed by atoms with Crippen molar-refractivity contribution in [3.63, 3.8) is 0 Å². The molecule has 0 spiro atoms. The van der Waals surface area contributed by atoms with Gasteiger partial charge in [-0.2, -0.15) is 0 Å². The van der Waals surface area contributed by atoms with Gasteiger partial charge in [-0.05, 0) is 31.6 Å². The average molecular weight is 507 g/mol. The number of hydrogen-bond acceptors (Lipinski definition) is 4. The Morgan fingerprint density at radius 2 is 1.08 bits per heavy atom. The summed E-state index contributed by atoms with van der Waals surface area (Å²) in [7, 11) is 0. The largest absolute Gasteiger partial charge is 0.465 e. The number of esters is 2. The Balaban J connectivity index is 2.11. The zero-order valence-electron chi connectivity index (χ0n) is 24.1. The molecule has 0 fully saturated rings. The molecule has 0 saturated heterocycles. The molecule has 0 aromatic rings. The van der Waals surface area contributed by atoms with Crippen molar-refractivity contribution in [2.45, 2.75) is 149 Å². The van der Waals surface area contributed by atoms with Crippen LogP contribution in [0.2, 0.25) is 0 Å². The topological polar surface area (TPSA) is 52.6 Å². The Labute approximate surface area is 223 Å². The summed E-state index contributed by atoms with van der Waals surface area (Å²) in [6.45, 7) is 7.54. The minimum atomic E-state index is -0.400. The van der Waals surface area contributed by atoms with Crippen LogP contribution in [0.4, 0.5) is 0 Å². The van der Waals surface area contributed by atoms with Crippen LogP contribution >= 0.6 is 0 Å². The molecule has 36 heavy (non-hydrogen) atoms. The molecule has 210 valence electrons. The van der Waals surface area contributed by atoms with Crippen LogP contribution in [-0.4, -0.2) is 25.2 Å². The molecule has 4 heteroatoms. The highest BCUT2D eigenvalue weighted by molar-refractivity contribution is 5.82. The zero-order valence-corrected chi connectivity index (χ0v) is 24.1. The van der Waals surface area contributed by atoms with E-state index in [1.165, 1.54) is 77.0 Å². The maximum atomic E-state index is 12.8. The summed E-state index contributed by atoms with van der Waals surface area (Å²) in [6, 6.07) is 0. The Morgan fingerprint density at radius 1 is 0.639 bits per heavy atom. The van der Waals surface area contributed by atoms with Gasteiger partial charge in [-0.3, -0.25) is 9.59 Å². The van der Waals surface area contributed by atoms with Crippen molar-refractivity contribution < 1.29 is 19.1 Å². The molecule has 0 saturated carbocycles. The van der Waals surface area contributed by atoms with E-state index in [9.17, 15) is 9.59 Å². The summed E-state index contributed by atoms with van der Waals surface area (Å²) in [5, 5.41) is 0. The van der Waals surface area contributed by atoms with Gasteiger partial charge in [0.25, 0.3) is 0 Å². The van der Waals surface area contributed by atoms with Crippen LogP contribution in [0.15, 0.2) is 12.2 Å². The maximum Gasteiger partial charge on any atom is 0.310 e. The minimum Gasteiger partial charge on any atom is -0.465 e. The van der Waals surface area contributed by atoms with E-state index in [0.717, 1.165) is 38.5 Å². The van der Waals surface area contributed by atoms with Crippen LogP contribution < -0.4 is 0 Å². The first-order chi connectivity index (χ1) is 17.6. The highest BCUT2D eigenvalue weighted by Crippen LogP contribution is 2.28. The van der Waals surface area contributed by atoms with Crippen LogP contribution in [-0.2, 0) is 19.1 Å². The number of allylic oxidation sites excluding steroid dienone is 2. The Morgan fingerprint density at radius 3 is 1.56 bits per heavy atom. The molecular formula is C32H58O4. The lowest BCUT2D eigenvalue weighted by molar-refractivity contribution is -0.162. The normalized spacial score (nSPS) is 18.2. The van der Waals surface area contributed by atoms with Crippen LogP contribution in [0.25, 0.3) is 0 Å². The van der Waals surface area contributed by atoms with Crippen molar-refractivity contribution >= 4 is 11.9 Å². The molecule has 0 heterocycles. The monoisotopic (exact) mass is 506 g/mol. The molecule has 0 N–H and O–H groups in total. The van der Waals surface area contributed by atoms with E-state index in [2.05, 4.69) is 20.8 Å². The molecular weight excluding hydrogens is 448 g/mol. The maximum absolute atomic E-state index is 12.8. The summed E-state index contributed by atoms with van der Waals surface area (Å²) < 4.78 is 11.3. The van der Waals surface area contributed by atoms with Crippen LogP contribution in [0, 0.1) is 17.8 Å². The molecule has 1 rings (SSSR count). The van der Waals surface area contributed by atoms with Crippen molar-refractivity contribution in [2.75, 3.05) is 13.2 Å². The minimum absolute atomic E-state index is 0.228. The lowest BCUT2D eigenvalue weighted by Crippen LogP contribution is -2.34. The standard InChI is InChI=1S/C32H58O4/c1-4-7-9-10-11-12-13-14-15-16-17-18-19-22-26-35-31(33)29-24-20-21-25-30(29)32(34)36-27-28(6-3)23-8-5-2/h20-21,28-30H,4-19,22-27H2,1-3H3. The second-order valence-electron chi connectivity index (χ2n) is 11.0. The number of hydrogen-bond donors (Lipinski definition) is 0. The first kappa shape index (κ1) is 32.7. The average Bonchev–Trinajstić information content (AvgIpc) is 2.90. The lowest BCUT2D eigenvalue weighted by Gasteiger charge is -2.26.